The van der Waals surface area contributed by atoms with Gasteiger partial charge in [-0.05, 0) is 43.5 Å². The van der Waals surface area contributed by atoms with Gasteiger partial charge < -0.3 is 10.2 Å². The molecule has 0 aliphatic carbocycles. The van der Waals surface area contributed by atoms with Crippen LogP contribution in [0, 0.1) is 10.1 Å². The van der Waals surface area contributed by atoms with E-state index in [1.807, 2.05) is 23.1 Å². The first-order chi connectivity index (χ1) is 12.0. The van der Waals surface area contributed by atoms with E-state index in [0.717, 1.165) is 18.5 Å². The van der Waals surface area contributed by atoms with Gasteiger partial charge in [-0.15, -0.1) is 0 Å². The Morgan fingerprint density at radius 3 is 2.88 bits per heavy atom. The molecule has 1 heterocycles. The SMILES string of the molecule is CC1CCc2ccccc2N1CC(=O)Nc1ccc(Cl)cc1[N+](=O)[O-]. The molecule has 1 N–H and O–H groups in total. The van der Waals surface area contributed by atoms with Gasteiger partial charge in [0.25, 0.3) is 5.69 Å². The Balaban J connectivity index is 1.79. The van der Waals surface area contributed by atoms with Gasteiger partial charge in [0.2, 0.25) is 5.91 Å². The molecule has 7 heteroatoms. The first kappa shape index (κ1) is 17.2. The quantitative estimate of drug-likeness (QED) is 0.660. The summed E-state index contributed by atoms with van der Waals surface area (Å²) in [6.07, 6.45) is 1.95. The summed E-state index contributed by atoms with van der Waals surface area (Å²) in [7, 11) is 0. The monoisotopic (exact) mass is 359 g/mol. The lowest BCUT2D eigenvalue weighted by Gasteiger charge is -2.36. The number of nitrogens with one attached hydrogen (secondary N) is 1. The molecule has 0 radical (unpaired) electrons. The van der Waals surface area contributed by atoms with Crippen molar-refractivity contribution in [3.05, 3.63) is 63.2 Å². The molecule has 1 aliphatic heterocycles. The summed E-state index contributed by atoms with van der Waals surface area (Å²) < 4.78 is 0. The maximum absolute atomic E-state index is 12.5. The van der Waals surface area contributed by atoms with E-state index >= 15 is 0 Å². The van der Waals surface area contributed by atoms with Crippen molar-refractivity contribution in [3.63, 3.8) is 0 Å². The molecule has 0 fully saturated rings. The number of amides is 1. The molecule has 0 saturated heterocycles. The highest BCUT2D eigenvalue weighted by atomic mass is 35.5. The summed E-state index contributed by atoms with van der Waals surface area (Å²) in [5.74, 6) is -0.297. The minimum Gasteiger partial charge on any atom is -0.359 e. The number of nitro groups is 1. The van der Waals surface area contributed by atoms with Gasteiger partial charge in [-0.25, -0.2) is 0 Å². The van der Waals surface area contributed by atoms with Gasteiger partial charge in [0.1, 0.15) is 5.69 Å². The highest BCUT2D eigenvalue weighted by Gasteiger charge is 2.25. The van der Waals surface area contributed by atoms with Crippen LogP contribution in [0.5, 0.6) is 0 Å². The topological polar surface area (TPSA) is 75.5 Å². The third-order valence-corrected chi connectivity index (χ3v) is 4.64. The first-order valence-corrected chi connectivity index (χ1v) is 8.42. The Morgan fingerprint density at radius 1 is 1.36 bits per heavy atom. The van der Waals surface area contributed by atoms with Crippen molar-refractivity contribution in [1.29, 1.82) is 0 Å². The number of aryl methyl sites for hydroxylation is 1. The number of hydrogen-bond donors (Lipinski definition) is 1. The molecule has 0 saturated carbocycles. The second-order valence-electron chi connectivity index (χ2n) is 6.11. The summed E-state index contributed by atoms with van der Waals surface area (Å²) in [5.41, 5.74) is 2.19. The molecular formula is C18H18ClN3O3. The van der Waals surface area contributed by atoms with E-state index in [1.54, 1.807) is 0 Å². The largest absolute Gasteiger partial charge is 0.359 e. The number of anilines is 2. The third-order valence-electron chi connectivity index (χ3n) is 4.41. The average molecular weight is 360 g/mol. The molecule has 2 aromatic rings. The van der Waals surface area contributed by atoms with Crippen molar-refractivity contribution in [3.8, 4) is 0 Å². The molecule has 1 atom stereocenters. The van der Waals surface area contributed by atoms with Crippen LogP contribution < -0.4 is 10.2 Å². The number of carbonyl (C=O) groups excluding carboxylic acids is 1. The van der Waals surface area contributed by atoms with Crippen LogP contribution in [0.2, 0.25) is 5.02 Å². The van der Waals surface area contributed by atoms with E-state index in [0.29, 0.717) is 0 Å². The zero-order valence-corrected chi connectivity index (χ0v) is 14.5. The molecular weight excluding hydrogens is 342 g/mol. The van der Waals surface area contributed by atoms with Crippen molar-refractivity contribution >= 4 is 34.6 Å². The number of fused-ring (bicyclic) bond motifs is 1. The number of carbonyl (C=O) groups is 1. The Labute approximate surface area is 150 Å². The van der Waals surface area contributed by atoms with Gasteiger partial charge in [-0.3, -0.25) is 14.9 Å². The maximum atomic E-state index is 12.5. The summed E-state index contributed by atoms with van der Waals surface area (Å²) in [4.78, 5) is 25.1. The zero-order valence-electron chi connectivity index (χ0n) is 13.7. The molecule has 0 bridgehead atoms. The number of benzene rings is 2. The molecule has 1 unspecified atom stereocenters. The highest BCUT2D eigenvalue weighted by Crippen LogP contribution is 2.31. The molecule has 6 nitrogen and oxygen atoms in total. The number of halogens is 1. The molecule has 0 spiro atoms. The van der Waals surface area contributed by atoms with Gasteiger partial charge in [0, 0.05) is 22.8 Å². The lowest BCUT2D eigenvalue weighted by atomic mass is 9.96. The summed E-state index contributed by atoms with van der Waals surface area (Å²) in [5, 5.41) is 14.0. The minimum absolute atomic E-state index is 0.137. The van der Waals surface area contributed by atoms with Gasteiger partial charge in [-0.2, -0.15) is 0 Å². The van der Waals surface area contributed by atoms with Crippen LogP contribution >= 0.6 is 11.6 Å². The van der Waals surface area contributed by atoms with Gasteiger partial charge in [0.15, 0.2) is 0 Å². The van der Waals surface area contributed by atoms with Crippen LogP contribution in [0.15, 0.2) is 42.5 Å². The Kier molecular flexibility index (Phi) is 4.90. The lowest BCUT2D eigenvalue weighted by molar-refractivity contribution is -0.383. The second kappa shape index (κ2) is 7.11. The van der Waals surface area contributed by atoms with Crippen molar-refractivity contribution in [2.24, 2.45) is 0 Å². The predicted octanol–water partition coefficient (Wildman–Crippen LogP) is 4.03. The highest BCUT2D eigenvalue weighted by molar-refractivity contribution is 6.31. The normalized spacial score (nSPS) is 16.2. The number of rotatable bonds is 4. The molecule has 0 aromatic heterocycles. The Bertz CT molecular complexity index is 825. The number of nitrogens with zero attached hydrogens (tertiary/aromatic N) is 2. The maximum Gasteiger partial charge on any atom is 0.294 e. The smallest absolute Gasteiger partial charge is 0.294 e. The number of nitro benzene ring substituents is 1. The van der Waals surface area contributed by atoms with Crippen LogP contribution in [0.4, 0.5) is 17.1 Å². The van der Waals surface area contributed by atoms with E-state index in [9.17, 15) is 14.9 Å². The molecule has 25 heavy (non-hydrogen) atoms. The van der Waals surface area contributed by atoms with Gasteiger partial charge >= 0.3 is 0 Å². The fourth-order valence-electron chi connectivity index (χ4n) is 3.11. The molecule has 2 aromatic carbocycles. The lowest BCUT2D eigenvalue weighted by Crippen LogP contribution is -2.42. The summed E-state index contributed by atoms with van der Waals surface area (Å²) in [6.45, 7) is 2.21. The minimum atomic E-state index is -0.555. The summed E-state index contributed by atoms with van der Waals surface area (Å²) in [6, 6.07) is 12.4. The summed E-state index contributed by atoms with van der Waals surface area (Å²) >= 11 is 5.80. The average Bonchev–Trinajstić information content (AvgIpc) is 2.59. The molecule has 130 valence electrons. The standard InChI is InChI=1S/C18H18ClN3O3/c1-12-6-7-13-4-2-3-5-16(13)21(12)11-18(23)20-15-9-8-14(19)10-17(15)22(24)25/h2-5,8-10,12H,6-7,11H2,1H3,(H,20,23). The van der Waals surface area contributed by atoms with Crippen molar-refractivity contribution in [2.45, 2.75) is 25.8 Å². The Hall–Kier alpha value is -2.60. The van der Waals surface area contributed by atoms with Crippen LogP contribution in [0.25, 0.3) is 0 Å². The van der Waals surface area contributed by atoms with Crippen LogP contribution in [-0.2, 0) is 11.2 Å². The Morgan fingerprint density at radius 2 is 2.12 bits per heavy atom. The molecule has 1 aliphatic rings. The van der Waals surface area contributed by atoms with E-state index in [-0.39, 0.29) is 34.9 Å². The van der Waals surface area contributed by atoms with Crippen LogP contribution in [0.1, 0.15) is 18.9 Å². The van der Waals surface area contributed by atoms with Crippen LogP contribution in [-0.4, -0.2) is 23.4 Å². The van der Waals surface area contributed by atoms with Crippen molar-refractivity contribution in [2.75, 3.05) is 16.8 Å². The van der Waals surface area contributed by atoms with Gasteiger partial charge in [0.05, 0.1) is 11.5 Å². The number of para-hydroxylation sites is 1. The third kappa shape index (κ3) is 3.74. The molecule has 3 rings (SSSR count). The predicted molar refractivity (Wildman–Crippen MR) is 98.3 cm³/mol. The molecule has 1 amide bonds. The second-order valence-corrected chi connectivity index (χ2v) is 6.55. The number of hydrogen-bond acceptors (Lipinski definition) is 4. The fraction of sp³-hybridized carbons (Fsp3) is 0.278. The van der Waals surface area contributed by atoms with Gasteiger partial charge in [-0.1, -0.05) is 29.8 Å². The van der Waals surface area contributed by atoms with E-state index in [2.05, 4.69) is 18.3 Å². The first-order valence-electron chi connectivity index (χ1n) is 8.04. The van der Waals surface area contributed by atoms with E-state index < -0.39 is 4.92 Å². The van der Waals surface area contributed by atoms with Crippen LogP contribution in [0.3, 0.4) is 0 Å². The van der Waals surface area contributed by atoms with Crippen molar-refractivity contribution < 1.29 is 9.72 Å². The zero-order chi connectivity index (χ0) is 18.0. The van der Waals surface area contributed by atoms with E-state index in [4.69, 9.17) is 11.6 Å². The van der Waals surface area contributed by atoms with E-state index in [1.165, 1.54) is 23.8 Å². The van der Waals surface area contributed by atoms with Crippen molar-refractivity contribution in [1.82, 2.24) is 0 Å². The fourth-order valence-corrected chi connectivity index (χ4v) is 3.27.